The normalized spacial score (nSPS) is 11.2. The first-order valence-corrected chi connectivity index (χ1v) is 11.4. The Bertz CT molecular complexity index is 1200. The van der Waals surface area contributed by atoms with Crippen molar-refractivity contribution in [2.45, 2.75) is 25.7 Å². The van der Waals surface area contributed by atoms with E-state index in [1.54, 1.807) is 24.3 Å². The highest BCUT2D eigenvalue weighted by Crippen LogP contribution is 2.27. The summed E-state index contributed by atoms with van der Waals surface area (Å²) in [4.78, 5) is 12.8. The van der Waals surface area contributed by atoms with Gasteiger partial charge in [0.25, 0.3) is 10.0 Å². The predicted molar refractivity (Wildman–Crippen MR) is 123 cm³/mol. The van der Waals surface area contributed by atoms with Gasteiger partial charge in [0.1, 0.15) is 18.1 Å². The average molecular weight is 457 g/mol. The maximum absolute atomic E-state index is 13.4. The molecule has 0 unspecified atom stereocenters. The maximum Gasteiger partial charge on any atom is 0.264 e. The molecule has 0 saturated carbocycles. The van der Waals surface area contributed by atoms with Crippen LogP contribution in [-0.2, 0) is 14.8 Å². The Kier molecular flexibility index (Phi) is 6.84. The van der Waals surface area contributed by atoms with Crippen LogP contribution in [0.15, 0.2) is 65.6 Å². The summed E-state index contributed by atoms with van der Waals surface area (Å²) < 4.78 is 46.2. The molecule has 0 fully saturated rings. The van der Waals surface area contributed by atoms with Crippen molar-refractivity contribution in [3.8, 4) is 5.75 Å². The van der Waals surface area contributed by atoms with Crippen molar-refractivity contribution >= 4 is 27.3 Å². The fourth-order valence-corrected chi connectivity index (χ4v) is 4.90. The molecule has 0 aliphatic carbocycles. The molecule has 3 aromatic carbocycles. The van der Waals surface area contributed by atoms with Crippen LogP contribution in [0.3, 0.4) is 0 Å². The van der Waals surface area contributed by atoms with Crippen molar-refractivity contribution in [2.75, 3.05) is 23.3 Å². The van der Waals surface area contributed by atoms with Crippen molar-refractivity contribution in [2.24, 2.45) is 0 Å². The molecule has 6 nitrogen and oxygen atoms in total. The van der Waals surface area contributed by atoms with Crippen LogP contribution < -0.4 is 14.4 Å². The molecular formula is C24H25FN2O4S. The van der Waals surface area contributed by atoms with Crippen molar-refractivity contribution in [1.82, 2.24) is 0 Å². The molecule has 8 heteroatoms. The molecule has 0 bridgehead atoms. The summed E-state index contributed by atoms with van der Waals surface area (Å²) in [6.07, 6.45) is 0. The molecule has 1 N–H and O–H groups in total. The maximum atomic E-state index is 13.4. The van der Waals surface area contributed by atoms with Gasteiger partial charge in [0, 0.05) is 5.69 Å². The Morgan fingerprint density at radius 2 is 1.53 bits per heavy atom. The molecule has 0 aliphatic heterocycles. The molecule has 0 spiro atoms. The largest absolute Gasteiger partial charge is 0.497 e. The third-order valence-electron chi connectivity index (χ3n) is 4.99. The fraction of sp³-hybridized carbons (Fsp3) is 0.208. The van der Waals surface area contributed by atoms with E-state index in [0.29, 0.717) is 11.4 Å². The molecular weight excluding hydrogens is 431 g/mol. The summed E-state index contributed by atoms with van der Waals surface area (Å²) in [6.45, 7) is 5.27. The minimum Gasteiger partial charge on any atom is -0.497 e. The first kappa shape index (κ1) is 23.3. The second kappa shape index (κ2) is 9.40. The molecule has 3 aromatic rings. The van der Waals surface area contributed by atoms with Crippen LogP contribution in [0, 0.1) is 26.6 Å². The third-order valence-corrected chi connectivity index (χ3v) is 6.78. The number of amides is 1. The van der Waals surface area contributed by atoms with Gasteiger partial charge in [0.2, 0.25) is 5.91 Å². The van der Waals surface area contributed by atoms with E-state index < -0.39 is 28.3 Å². The van der Waals surface area contributed by atoms with Crippen molar-refractivity contribution in [3.05, 3.63) is 83.2 Å². The predicted octanol–water partition coefficient (Wildman–Crippen LogP) is 4.59. The van der Waals surface area contributed by atoms with Crippen LogP contribution >= 0.6 is 0 Å². The van der Waals surface area contributed by atoms with E-state index in [2.05, 4.69) is 5.32 Å². The number of carbonyl (C=O) groups excluding carboxylic acids is 1. The van der Waals surface area contributed by atoms with Crippen LogP contribution in [0.4, 0.5) is 15.8 Å². The summed E-state index contributed by atoms with van der Waals surface area (Å²) >= 11 is 0. The first-order valence-electron chi connectivity index (χ1n) is 9.92. The summed E-state index contributed by atoms with van der Waals surface area (Å²) in [5.41, 5.74) is 3.76. The highest BCUT2D eigenvalue weighted by Gasteiger charge is 2.27. The minimum absolute atomic E-state index is 0.120. The monoisotopic (exact) mass is 456 g/mol. The van der Waals surface area contributed by atoms with E-state index in [-0.39, 0.29) is 10.6 Å². The number of aryl methyl sites for hydroxylation is 3. The fourth-order valence-electron chi connectivity index (χ4n) is 3.48. The molecule has 0 saturated heterocycles. The average Bonchev–Trinajstić information content (AvgIpc) is 2.75. The van der Waals surface area contributed by atoms with Gasteiger partial charge in [-0.3, -0.25) is 9.10 Å². The number of rotatable bonds is 7. The number of hydrogen-bond acceptors (Lipinski definition) is 4. The van der Waals surface area contributed by atoms with E-state index in [0.717, 1.165) is 33.1 Å². The van der Waals surface area contributed by atoms with E-state index in [9.17, 15) is 17.6 Å². The van der Waals surface area contributed by atoms with Gasteiger partial charge in [0.05, 0.1) is 17.7 Å². The number of ether oxygens (including phenoxy) is 1. The Balaban J connectivity index is 1.97. The SMILES string of the molecule is COc1ccc(N(CC(=O)Nc2c(C)cc(C)cc2C)S(=O)(=O)c2ccc(F)cc2)cc1. The van der Waals surface area contributed by atoms with Gasteiger partial charge in [-0.1, -0.05) is 17.7 Å². The van der Waals surface area contributed by atoms with Crippen LogP contribution in [0.25, 0.3) is 0 Å². The first-order chi connectivity index (χ1) is 15.1. The lowest BCUT2D eigenvalue weighted by Gasteiger charge is -2.25. The van der Waals surface area contributed by atoms with E-state index in [4.69, 9.17) is 4.74 Å². The summed E-state index contributed by atoms with van der Waals surface area (Å²) in [7, 11) is -2.64. The second-order valence-electron chi connectivity index (χ2n) is 7.49. The van der Waals surface area contributed by atoms with Gasteiger partial charge in [-0.05, 0) is 80.4 Å². The Morgan fingerprint density at radius 1 is 0.969 bits per heavy atom. The number of methoxy groups -OCH3 is 1. The molecule has 32 heavy (non-hydrogen) atoms. The number of carbonyl (C=O) groups is 1. The lowest BCUT2D eigenvalue weighted by Crippen LogP contribution is -2.38. The number of nitrogens with zero attached hydrogens (tertiary/aromatic N) is 1. The van der Waals surface area contributed by atoms with Gasteiger partial charge < -0.3 is 10.1 Å². The zero-order valence-corrected chi connectivity index (χ0v) is 19.2. The molecule has 1 amide bonds. The number of hydrogen-bond donors (Lipinski definition) is 1. The number of benzene rings is 3. The Labute approximate surface area is 187 Å². The van der Waals surface area contributed by atoms with Crippen molar-refractivity contribution in [3.63, 3.8) is 0 Å². The van der Waals surface area contributed by atoms with E-state index in [1.165, 1.54) is 19.2 Å². The van der Waals surface area contributed by atoms with E-state index in [1.807, 2.05) is 32.9 Å². The molecule has 3 rings (SSSR count). The summed E-state index contributed by atoms with van der Waals surface area (Å²) in [6, 6.07) is 14.7. The lowest BCUT2D eigenvalue weighted by atomic mass is 10.1. The molecule has 168 valence electrons. The van der Waals surface area contributed by atoms with Crippen LogP contribution in [-0.4, -0.2) is 28.0 Å². The Hall–Kier alpha value is -3.39. The van der Waals surface area contributed by atoms with Crippen LogP contribution in [0.1, 0.15) is 16.7 Å². The van der Waals surface area contributed by atoms with Gasteiger partial charge >= 0.3 is 0 Å². The highest BCUT2D eigenvalue weighted by molar-refractivity contribution is 7.92. The standard InChI is InChI=1S/C24H25FN2O4S/c1-16-13-17(2)24(18(3)14-16)26-23(28)15-27(20-7-9-21(31-4)10-8-20)32(29,30)22-11-5-19(25)6-12-22/h5-14H,15H2,1-4H3,(H,26,28). The smallest absolute Gasteiger partial charge is 0.264 e. The number of nitrogens with one attached hydrogen (secondary N) is 1. The number of halogens is 1. The summed E-state index contributed by atoms with van der Waals surface area (Å²) in [5.74, 6) is -0.507. The molecule has 0 aliphatic rings. The highest BCUT2D eigenvalue weighted by atomic mass is 32.2. The minimum atomic E-state index is -4.14. The summed E-state index contributed by atoms with van der Waals surface area (Å²) in [5, 5.41) is 2.83. The molecule has 0 radical (unpaired) electrons. The zero-order valence-electron chi connectivity index (χ0n) is 18.3. The van der Waals surface area contributed by atoms with Gasteiger partial charge in [-0.2, -0.15) is 0 Å². The third kappa shape index (κ3) is 5.08. The topological polar surface area (TPSA) is 75.7 Å². The quantitative estimate of drug-likeness (QED) is 0.564. The Morgan fingerprint density at radius 3 is 2.06 bits per heavy atom. The van der Waals surface area contributed by atoms with E-state index >= 15 is 0 Å². The van der Waals surface area contributed by atoms with Crippen molar-refractivity contribution < 1.29 is 22.3 Å². The second-order valence-corrected chi connectivity index (χ2v) is 9.35. The lowest BCUT2D eigenvalue weighted by molar-refractivity contribution is -0.114. The molecule has 0 heterocycles. The number of anilines is 2. The number of sulfonamides is 1. The van der Waals surface area contributed by atoms with Crippen LogP contribution in [0.2, 0.25) is 0 Å². The molecule has 0 atom stereocenters. The van der Waals surface area contributed by atoms with Gasteiger partial charge in [-0.25, -0.2) is 12.8 Å². The van der Waals surface area contributed by atoms with Gasteiger partial charge in [-0.15, -0.1) is 0 Å². The zero-order chi connectivity index (χ0) is 23.5. The van der Waals surface area contributed by atoms with Crippen LogP contribution in [0.5, 0.6) is 5.75 Å². The van der Waals surface area contributed by atoms with Gasteiger partial charge in [0.15, 0.2) is 0 Å². The van der Waals surface area contributed by atoms with Crippen molar-refractivity contribution in [1.29, 1.82) is 0 Å². The molecule has 0 aromatic heterocycles.